The molecule has 21 heavy (non-hydrogen) atoms. The van der Waals surface area contributed by atoms with Crippen LogP contribution >= 0.6 is 15.9 Å². The molecule has 0 aliphatic heterocycles. The highest BCUT2D eigenvalue weighted by molar-refractivity contribution is 9.10. The van der Waals surface area contributed by atoms with Gasteiger partial charge in [-0.15, -0.1) is 0 Å². The molecular weight excluding hydrogens is 363 g/mol. The van der Waals surface area contributed by atoms with Crippen molar-refractivity contribution in [3.63, 3.8) is 0 Å². The Morgan fingerprint density at radius 2 is 1.76 bits per heavy atom. The second-order valence-electron chi connectivity index (χ2n) is 4.34. The predicted molar refractivity (Wildman–Crippen MR) is 78.4 cm³/mol. The number of sulfone groups is 1. The maximum atomic E-state index is 13.8. The number of halogens is 2. The largest absolute Gasteiger partial charge is 0.478 e. The molecule has 0 fully saturated rings. The van der Waals surface area contributed by atoms with Crippen molar-refractivity contribution in [2.24, 2.45) is 0 Å². The zero-order valence-electron chi connectivity index (χ0n) is 10.6. The Kier molecular flexibility index (Phi) is 4.43. The van der Waals surface area contributed by atoms with Crippen molar-refractivity contribution in [1.29, 1.82) is 0 Å². The number of carbonyl (C=O) groups is 1. The molecule has 2 aromatic carbocycles. The van der Waals surface area contributed by atoms with E-state index in [4.69, 9.17) is 5.11 Å². The van der Waals surface area contributed by atoms with Gasteiger partial charge in [-0.05, 0) is 35.9 Å². The highest BCUT2D eigenvalue weighted by Gasteiger charge is 2.21. The van der Waals surface area contributed by atoms with E-state index in [2.05, 4.69) is 15.9 Å². The summed E-state index contributed by atoms with van der Waals surface area (Å²) in [4.78, 5) is 10.2. The molecule has 0 radical (unpaired) electrons. The minimum Gasteiger partial charge on any atom is -0.478 e. The summed E-state index contributed by atoms with van der Waals surface area (Å²) < 4.78 is 39.0. The average Bonchev–Trinajstić information content (AvgIpc) is 2.40. The fourth-order valence-corrected chi connectivity index (χ4v) is 3.45. The van der Waals surface area contributed by atoms with Crippen molar-refractivity contribution < 1.29 is 22.7 Å². The van der Waals surface area contributed by atoms with Gasteiger partial charge in [0.1, 0.15) is 10.7 Å². The average molecular weight is 373 g/mol. The first kappa shape index (κ1) is 15.7. The monoisotopic (exact) mass is 372 g/mol. The summed E-state index contributed by atoms with van der Waals surface area (Å²) in [7, 11) is -3.88. The molecule has 1 N–H and O–H groups in total. The molecule has 7 heteroatoms. The quantitative estimate of drug-likeness (QED) is 0.893. The Morgan fingerprint density at radius 1 is 1.14 bits per heavy atom. The van der Waals surface area contributed by atoms with Crippen LogP contribution in [0.5, 0.6) is 0 Å². The van der Waals surface area contributed by atoms with Gasteiger partial charge < -0.3 is 5.11 Å². The third-order valence-corrected chi connectivity index (χ3v) is 5.03. The number of carboxylic acid groups (broad SMARTS) is 1. The molecule has 0 unspecified atom stereocenters. The van der Waals surface area contributed by atoms with Gasteiger partial charge >= 0.3 is 5.97 Å². The summed E-state index contributed by atoms with van der Waals surface area (Å²) in [5, 5.41) is 8.74. The van der Waals surface area contributed by atoms with E-state index in [1.165, 1.54) is 0 Å². The lowest BCUT2D eigenvalue weighted by Crippen LogP contribution is -2.08. The first-order chi connectivity index (χ1) is 9.79. The number of rotatable bonds is 4. The zero-order chi connectivity index (χ0) is 15.6. The summed E-state index contributed by atoms with van der Waals surface area (Å²) in [6.07, 6.45) is 0. The highest BCUT2D eigenvalue weighted by atomic mass is 79.9. The maximum Gasteiger partial charge on any atom is 0.335 e. The van der Waals surface area contributed by atoms with Gasteiger partial charge in [0.2, 0.25) is 0 Å². The van der Waals surface area contributed by atoms with Crippen molar-refractivity contribution in [3.8, 4) is 0 Å². The number of carboxylic acids is 1. The smallest absolute Gasteiger partial charge is 0.335 e. The molecule has 2 rings (SSSR count). The molecule has 0 atom stereocenters. The first-order valence-electron chi connectivity index (χ1n) is 5.79. The van der Waals surface area contributed by atoms with Crippen molar-refractivity contribution in [3.05, 3.63) is 63.9 Å². The van der Waals surface area contributed by atoms with Crippen LogP contribution in [0.15, 0.2) is 51.8 Å². The van der Waals surface area contributed by atoms with Crippen LogP contribution in [0.2, 0.25) is 0 Å². The lowest BCUT2D eigenvalue weighted by molar-refractivity contribution is 0.0696. The molecule has 0 aromatic heterocycles. The van der Waals surface area contributed by atoms with E-state index in [1.54, 1.807) is 24.3 Å². The molecule has 0 amide bonds. The van der Waals surface area contributed by atoms with Crippen LogP contribution in [0.25, 0.3) is 0 Å². The third kappa shape index (κ3) is 3.68. The highest BCUT2D eigenvalue weighted by Crippen LogP contribution is 2.22. The Hall–Kier alpha value is -1.73. The van der Waals surface area contributed by atoms with Gasteiger partial charge in [0.15, 0.2) is 9.84 Å². The fraction of sp³-hybridized carbons (Fsp3) is 0.0714. The minimum atomic E-state index is -3.88. The normalized spacial score (nSPS) is 11.3. The van der Waals surface area contributed by atoms with Gasteiger partial charge in [-0.25, -0.2) is 17.6 Å². The number of hydrogen-bond acceptors (Lipinski definition) is 3. The van der Waals surface area contributed by atoms with Crippen LogP contribution in [0.4, 0.5) is 4.39 Å². The van der Waals surface area contributed by atoms with E-state index in [9.17, 15) is 17.6 Å². The topological polar surface area (TPSA) is 71.4 Å². The minimum absolute atomic E-state index is 0.296. The molecule has 0 spiro atoms. The third-order valence-electron chi connectivity index (χ3n) is 2.78. The molecule has 0 aliphatic rings. The number of benzene rings is 2. The van der Waals surface area contributed by atoms with Gasteiger partial charge in [-0.1, -0.05) is 28.1 Å². The van der Waals surface area contributed by atoms with E-state index in [0.29, 0.717) is 11.6 Å². The van der Waals surface area contributed by atoms with Gasteiger partial charge in [-0.3, -0.25) is 0 Å². The summed E-state index contributed by atoms with van der Waals surface area (Å²) in [6.45, 7) is 0. The Labute approximate surface area is 129 Å². The van der Waals surface area contributed by atoms with Crippen LogP contribution in [0.1, 0.15) is 15.9 Å². The van der Waals surface area contributed by atoms with Crippen LogP contribution in [-0.2, 0) is 15.6 Å². The molecule has 0 saturated carbocycles. The molecule has 0 bridgehead atoms. The summed E-state index contributed by atoms with van der Waals surface area (Å²) in [6, 6.07) is 9.36. The molecule has 0 saturated heterocycles. The lowest BCUT2D eigenvalue weighted by Gasteiger charge is -2.07. The van der Waals surface area contributed by atoms with Gasteiger partial charge in [-0.2, -0.15) is 0 Å². The van der Waals surface area contributed by atoms with E-state index in [1.807, 2.05) is 0 Å². The van der Waals surface area contributed by atoms with Crippen LogP contribution < -0.4 is 0 Å². The van der Waals surface area contributed by atoms with Crippen LogP contribution in [0, 0.1) is 5.82 Å². The summed E-state index contributed by atoms with van der Waals surface area (Å²) in [5.74, 6) is -2.73. The molecule has 2 aromatic rings. The number of hydrogen-bond donors (Lipinski definition) is 1. The van der Waals surface area contributed by atoms with Crippen LogP contribution in [0.3, 0.4) is 0 Å². The standard InChI is InChI=1S/C14H10BrFO4S/c15-11-4-1-9(2-5-11)8-21(19,20)13-6-3-10(14(17)18)7-12(13)16/h1-7H,8H2,(H,17,18). The van der Waals surface area contributed by atoms with Crippen LogP contribution in [-0.4, -0.2) is 19.5 Å². The zero-order valence-corrected chi connectivity index (χ0v) is 13.0. The fourth-order valence-electron chi connectivity index (χ4n) is 1.76. The van der Waals surface area contributed by atoms with Crippen molar-refractivity contribution in [1.82, 2.24) is 0 Å². The molecular formula is C14H10BrFO4S. The van der Waals surface area contributed by atoms with E-state index < -0.39 is 26.5 Å². The van der Waals surface area contributed by atoms with E-state index in [0.717, 1.165) is 16.6 Å². The second kappa shape index (κ2) is 5.95. The number of aromatic carboxylic acids is 1. The second-order valence-corrected chi connectivity index (χ2v) is 7.21. The summed E-state index contributed by atoms with van der Waals surface area (Å²) in [5.41, 5.74) is 0.218. The summed E-state index contributed by atoms with van der Waals surface area (Å²) >= 11 is 3.24. The Morgan fingerprint density at radius 3 is 2.29 bits per heavy atom. The Balaban J connectivity index is 2.35. The van der Waals surface area contributed by atoms with Crippen molar-refractivity contribution in [2.75, 3.05) is 0 Å². The SMILES string of the molecule is O=C(O)c1ccc(S(=O)(=O)Cc2ccc(Br)cc2)c(F)c1. The maximum absolute atomic E-state index is 13.8. The first-order valence-corrected chi connectivity index (χ1v) is 8.24. The van der Waals surface area contributed by atoms with E-state index in [-0.39, 0.29) is 11.3 Å². The van der Waals surface area contributed by atoms with Gasteiger partial charge in [0, 0.05) is 4.47 Å². The lowest BCUT2D eigenvalue weighted by atomic mass is 10.2. The Bertz CT molecular complexity index is 785. The van der Waals surface area contributed by atoms with Crippen molar-refractivity contribution in [2.45, 2.75) is 10.6 Å². The molecule has 4 nitrogen and oxygen atoms in total. The predicted octanol–water partition coefficient (Wildman–Crippen LogP) is 3.26. The van der Waals surface area contributed by atoms with Crippen molar-refractivity contribution >= 4 is 31.7 Å². The molecule has 110 valence electrons. The molecule has 0 aliphatic carbocycles. The van der Waals surface area contributed by atoms with Gasteiger partial charge in [0.05, 0.1) is 11.3 Å². The van der Waals surface area contributed by atoms with Gasteiger partial charge in [0.25, 0.3) is 0 Å². The molecule has 0 heterocycles. The van der Waals surface area contributed by atoms with E-state index >= 15 is 0 Å².